The van der Waals surface area contributed by atoms with Crippen LogP contribution in [0.3, 0.4) is 0 Å². The highest BCUT2D eigenvalue weighted by molar-refractivity contribution is 14.0. The summed E-state index contributed by atoms with van der Waals surface area (Å²) in [6.45, 7) is 5.79. The van der Waals surface area contributed by atoms with Crippen LogP contribution < -0.4 is 10.6 Å². The lowest BCUT2D eigenvalue weighted by Crippen LogP contribution is -2.57. The van der Waals surface area contributed by atoms with Gasteiger partial charge in [-0.1, -0.05) is 6.07 Å². The van der Waals surface area contributed by atoms with E-state index in [0.29, 0.717) is 6.54 Å². The first-order valence-corrected chi connectivity index (χ1v) is 10.9. The van der Waals surface area contributed by atoms with Crippen molar-refractivity contribution in [2.75, 3.05) is 46.7 Å². The Morgan fingerprint density at radius 1 is 1.25 bits per heavy atom. The predicted octanol–water partition coefficient (Wildman–Crippen LogP) is 3.47. The Morgan fingerprint density at radius 2 is 1.96 bits per heavy atom. The fraction of sp³-hybridized carbons (Fsp3) is 0.650. The minimum absolute atomic E-state index is 0. The maximum absolute atomic E-state index is 13.6. The second-order valence-electron chi connectivity index (χ2n) is 7.13. The molecule has 0 aliphatic carbocycles. The number of hydrogen-bond donors (Lipinski definition) is 2. The molecule has 0 aromatic heterocycles. The van der Waals surface area contributed by atoms with Gasteiger partial charge >= 0.3 is 0 Å². The number of halogens is 2. The molecule has 1 aliphatic heterocycles. The van der Waals surface area contributed by atoms with E-state index in [1.807, 2.05) is 12.3 Å². The van der Waals surface area contributed by atoms with E-state index in [4.69, 9.17) is 9.73 Å². The molecule has 0 spiro atoms. The molecule has 0 bridgehead atoms. The molecule has 0 atom stereocenters. The summed E-state index contributed by atoms with van der Waals surface area (Å²) in [5.41, 5.74) is 2.15. The van der Waals surface area contributed by atoms with Crippen molar-refractivity contribution in [1.82, 2.24) is 15.5 Å². The number of nitrogens with one attached hydrogen (secondary N) is 2. The first-order chi connectivity index (χ1) is 13.0. The largest absolute Gasteiger partial charge is 0.381 e. The molecule has 2 rings (SSSR count). The monoisotopic (exact) mass is 524 g/mol. The second kappa shape index (κ2) is 12.9. The van der Waals surface area contributed by atoms with Gasteiger partial charge in [0.2, 0.25) is 0 Å². The van der Waals surface area contributed by atoms with Gasteiger partial charge in [0.15, 0.2) is 5.96 Å². The summed E-state index contributed by atoms with van der Waals surface area (Å²) in [5.74, 6) is 1.39. The number of hydrogen-bond acceptors (Lipinski definition) is 4. The molecular formula is C20H34FIN4OS. The fourth-order valence-corrected chi connectivity index (χ4v) is 3.91. The normalized spacial score (nSPS) is 16.6. The zero-order chi connectivity index (χ0) is 19.7. The van der Waals surface area contributed by atoms with E-state index in [9.17, 15) is 4.39 Å². The van der Waals surface area contributed by atoms with Crippen LogP contribution in [0.4, 0.5) is 4.39 Å². The van der Waals surface area contributed by atoms with Crippen LogP contribution in [0, 0.1) is 5.82 Å². The van der Waals surface area contributed by atoms with Crippen LogP contribution in [0.25, 0.3) is 0 Å². The van der Waals surface area contributed by atoms with E-state index in [0.717, 1.165) is 62.0 Å². The molecule has 1 fully saturated rings. The Kier molecular flexibility index (Phi) is 11.7. The number of guanidine groups is 1. The van der Waals surface area contributed by atoms with E-state index in [1.165, 1.54) is 6.07 Å². The third-order valence-electron chi connectivity index (χ3n) is 5.18. The summed E-state index contributed by atoms with van der Waals surface area (Å²) in [6.07, 6.45) is 4.03. The molecule has 8 heteroatoms. The van der Waals surface area contributed by atoms with Crippen LogP contribution in [0.2, 0.25) is 0 Å². The van der Waals surface area contributed by atoms with Gasteiger partial charge in [-0.05, 0) is 63.4 Å². The Hall–Kier alpha value is -0.580. The molecule has 2 N–H and O–H groups in total. The van der Waals surface area contributed by atoms with Crippen molar-refractivity contribution in [3.8, 4) is 0 Å². The number of likely N-dealkylation sites (N-methyl/N-ethyl adjacent to an activating group) is 1. The van der Waals surface area contributed by atoms with E-state index in [2.05, 4.69) is 36.6 Å². The van der Waals surface area contributed by atoms with Crippen LogP contribution in [0.1, 0.15) is 30.9 Å². The Balaban J connectivity index is 0.00000392. The van der Waals surface area contributed by atoms with Crippen LogP contribution in [-0.2, 0) is 17.0 Å². The van der Waals surface area contributed by atoms with Crippen molar-refractivity contribution in [3.63, 3.8) is 0 Å². The van der Waals surface area contributed by atoms with Crippen molar-refractivity contribution < 1.29 is 9.13 Å². The Bertz CT molecular complexity index is 624. The summed E-state index contributed by atoms with van der Waals surface area (Å²) in [7, 11) is 4.26. The zero-order valence-electron chi connectivity index (χ0n) is 17.4. The minimum Gasteiger partial charge on any atom is -0.381 e. The van der Waals surface area contributed by atoms with Gasteiger partial charge < -0.3 is 20.3 Å². The average Bonchev–Trinajstić information content (AvgIpc) is 2.66. The number of benzene rings is 1. The maximum atomic E-state index is 13.6. The van der Waals surface area contributed by atoms with Crippen LogP contribution in [0.15, 0.2) is 23.2 Å². The molecule has 1 aromatic carbocycles. The minimum atomic E-state index is -0.191. The Labute approximate surface area is 190 Å². The average molecular weight is 524 g/mol. The number of thioether (sulfide) groups is 1. The topological polar surface area (TPSA) is 48.9 Å². The van der Waals surface area contributed by atoms with Crippen LogP contribution in [-0.4, -0.2) is 63.1 Å². The van der Waals surface area contributed by atoms with Gasteiger partial charge in [0.1, 0.15) is 5.82 Å². The highest BCUT2D eigenvalue weighted by Gasteiger charge is 2.34. The van der Waals surface area contributed by atoms with Gasteiger partial charge in [-0.2, -0.15) is 11.8 Å². The summed E-state index contributed by atoms with van der Waals surface area (Å²) >= 11 is 1.69. The first-order valence-electron chi connectivity index (χ1n) is 9.54. The van der Waals surface area contributed by atoms with Gasteiger partial charge in [-0.15, -0.1) is 24.0 Å². The lowest BCUT2D eigenvalue weighted by Gasteiger charge is -2.43. The fourth-order valence-electron chi connectivity index (χ4n) is 3.33. The summed E-state index contributed by atoms with van der Waals surface area (Å²) < 4.78 is 19.1. The van der Waals surface area contributed by atoms with Gasteiger partial charge in [-0.3, -0.25) is 0 Å². The quantitative estimate of drug-likeness (QED) is 0.310. The van der Waals surface area contributed by atoms with Gasteiger partial charge in [-0.25, -0.2) is 9.38 Å². The third kappa shape index (κ3) is 7.35. The molecule has 5 nitrogen and oxygen atoms in total. The van der Waals surface area contributed by atoms with Gasteiger partial charge in [0.25, 0.3) is 0 Å². The maximum Gasteiger partial charge on any atom is 0.191 e. The molecule has 0 unspecified atom stereocenters. The molecule has 1 heterocycles. The lowest BCUT2D eigenvalue weighted by molar-refractivity contribution is -0.00501. The second-order valence-corrected chi connectivity index (χ2v) is 7.99. The number of nitrogens with zero attached hydrogens (tertiary/aromatic N) is 2. The SMILES string of the molecule is CCNC(=NCc1ccc(F)cc1CSC)NCC1(N(C)C)CCOCC1.I. The highest BCUT2D eigenvalue weighted by Crippen LogP contribution is 2.25. The summed E-state index contributed by atoms with van der Waals surface area (Å²) in [4.78, 5) is 7.04. The Morgan fingerprint density at radius 3 is 2.57 bits per heavy atom. The van der Waals surface area contributed by atoms with Crippen LogP contribution >= 0.6 is 35.7 Å². The van der Waals surface area contributed by atoms with Crippen molar-refractivity contribution in [2.45, 2.75) is 37.6 Å². The molecule has 1 aromatic rings. The molecule has 28 heavy (non-hydrogen) atoms. The molecule has 1 saturated heterocycles. The van der Waals surface area contributed by atoms with E-state index >= 15 is 0 Å². The standard InChI is InChI=1S/C20H33FN4OS.HI/c1-5-22-19(24-15-20(25(2)3)8-10-26-11-9-20)23-13-16-6-7-18(21)12-17(16)14-27-4;/h6-7,12H,5,8-11,13-15H2,1-4H3,(H2,22,23,24);1H. The molecule has 1 aliphatic rings. The van der Waals surface area contributed by atoms with Crippen molar-refractivity contribution >= 4 is 41.7 Å². The number of aliphatic imine (C=N–C) groups is 1. The highest BCUT2D eigenvalue weighted by atomic mass is 127. The van der Waals surface area contributed by atoms with Crippen molar-refractivity contribution in [3.05, 3.63) is 35.1 Å². The van der Waals surface area contributed by atoms with E-state index in [-0.39, 0.29) is 35.3 Å². The van der Waals surface area contributed by atoms with Crippen molar-refractivity contribution in [1.29, 1.82) is 0 Å². The first kappa shape index (κ1) is 25.5. The molecule has 0 radical (unpaired) electrons. The van der Waals surface area contributed by atoms with Gasteiger partial charge in [0.05, 0.1) is 6.54 Å². The molecular weight excluding hydrogens is 490 g/mol. The van der Waals surface area contributed by atoms with Crippen LogP contribution in [0.5, 0.6) is 0 Å². The van der Waals surface area contributed by atoms with E-state index < -0.39 is 0 Å². The van der Waals surface area contributed by atoms with Crippen molar-refractivity contribution in [2.24, 2.45) is 4.99 Å². The third-order valence-corrected chi connectivity index (χ3v) is 5.78. The predicted molar refractivity (Wildman–Crippen MR) is 128 cm³/mol. The summed E-state index contributed by atoms with van der Waals surface area (Å²) in [6, 6.07) is 4.97. The van der Waals surface area contributed by atoms with E-state index in [1.54, 1.807) is 17.8 Å². The molecule has 160 valence electrons. The molecule has 0 amide bonds. The number of rotatable bonds is 8. The van der Waals surface area contributed by atoms with Gasteiger partial charge in [0, 0.05) is 37.6 Å². The number of ether oxygens (including phenoxy) is 1. The summed E-state index contributed by atoms with van der Waals surface area (Å²) in [5, 5.41) is 6.83. The molecule has 0 saturated carbocycles. The smallest absolute Gasteiger partial charge is 0.191 e. The zero-order valence-corrected chi connectivity index (χ0v) is 20.5. The lowest BCUT2D eigenvalue weighted by atomic mass is 9.88.